The van der Waals surface area contributed by atoms with Crippen LogP contribution in [0.4, 0.5) is 0 Å². The molecule has 0 heterocycles. The summed E-state index contributed by atoms with van der Waals surface area (Å²) in [5.41, 5.74) is 0. The molecule has 0 aromatic rings. The van der Waals surface area contributed by atoms with E-state index < -0.39 is 97.5 Å². The van der Waals surface area contributed by atoms with Gasteiger partial charge in [-0.3, -0.25) is 37.3 Å². The van der Waals surface area contributed by atoms with Gasteiger partial charge in [0.05, 0.1) is 26.4 Å². The van der Waals surface area contributed by atoms with E-state index in [9.17, 15) is 43.2 Å². The molecule has 0 aliphatic rings. The summed E-state index contributed by atoms with van der Waals surface area (Å²) in [6.45, 7) is 7.30. The number of carbonyl (C=O) groups is 4. The molecule has 0 fully saturated rings. The number of ether oxygens (including phenoxy) is 4. The van der Waals surface area contributed by atoms with Crippen molar-refractivity contribution in [1.29, 1.82) is 0 Å². The molecule has 3 N–H and O–H groups in total. The van der Waals surface area contributed by atoms with Crippen LogP contribution in [-0.2, 0) is 65.4 Å². The van der Waals surface area contributed by atoms with Gasteiger partial charge in [-0.25, -0.2) is 9.13 Å². The summed E-state index contributed by atoms with van der Waals surface area (Å²) in [6, 6.07) is 0. The van der Waals surface area contributed by atoms with Crippen LogP contribution >= 0.6 is 15.6 Å². The van der Waals surface area contributed by atoms with Gasteiger partial charge < -0.3 is 33.8 Å². The Kier molecular flexibility index (Phi) is 75.4. The third-order valence-corrected chi connectivity index (χ3v) is 22.0. The molecule has 3 unspecified atom stereocenters. The molecule has 17 nitrogen and oxygen atoms in total. The van der Waals surface area contributed by atoms with Gasteiger partial charge >= 0.3 is 39.5 Å². The van der Waals surface area contributed by atoms with Crippen molar-refractivity contribution in [3.05, 3.63) is 0 Å². The summed E-state index contributed by atoms with van der Waals surface area (Å²) < 4.78 is 68.8. The summed E-state index contributed by atoms with van der Waals surface area (Å²) >= 11 is 0. The van der Waals surface area contributed by atoms with E-state index in [0.717, 1.165) is 102 Å². The number of unbranched alkanes of at least 4 members (excludes halogenated alkanes) is 55. The summed E-state index contributed by atoms with van der Waals surface area (Å²) in [7, 11) is -9.92. The van der Waals surface area contributed by atoms with Gasteiger partial charge in [0, 0.05) is 25.7 Å². The largest absolute Gasteiger partial charge is 0.472 e. The van der Waals surface area contributed by atoms with Crippen LogP contribution in [0.5, 0.6) is 0 Å². The number of phosphoric ester groups is 2. The average Bonchev–Trinajstić information content (AvgIpc) is 0.998. The maximum atomic E-state index is 13.1. The highest BCUT2D eigenvalue weighted by Crippen LogP contribution is 2.45. The van der Waals surface area contributed by atoms with Crippen molar-refractivity contribution >= 4 is 39.5 Å². The van der Waals surface area contributed by atoms with Crippen molar-refractivity contribution in [3.8, 4) is 0 Å². The van der Waals surface area contributed by atoms with E-state index >= 15 is 0 Å². The van der Waals surface area contributed by atoms with Crippen LogP contribution in [0.2, 0.25) is 0 Å². The maximum Gasteiger partial charge on any atom is 0.472 e. The first-order chi connectivity index (χ1) is 50.1. The molecule has 0 aliphatic carbocycles. The number of aliphatic hydroxyl groups excluding tert-OH is 1. The summed E-state index contributed by atoms with van der Waals surface area (Å²) in [5, 5.41) is 10.7. The van der Waals surface area contributed by atoms with Crippen LogP contribution in [0.1, 0.15) is 452 Å². The molecule has 0 saturated carbocycles. The zero-order chi connectivity index (χ0) is 75.5. The van der Waals surface area contributed by atoms with E-state index in [1.54, 1.807) is 0 Å². The zero-order valence-corrected chi connectivity index (χ0v) is 69.3. The molecule has 6 atom stereocenters. The molecule has 103 heavy (non-hydrogen) atoms. The normalized spacial score (nSPS) is 14.1. The predicted octanol–water partition coefficient (Wildman–Crippen LogP) is 25.6. The molecule has 612 valence electrons. The highest BCUT2D eigenvalue weighted by Gasteiger charge is 2.30. The SMILES string of the molecule is CCCCCCCCCCCCCCCCCCCCCCCC(=O)O[C@H](COC(=O)CCCCCCCCCCCCCCCCCCCCCC)COP(=O)(O)OC[C@@H](O)COP(=O)(O)OC[C@@H](COC(=O)CCCCCCCCC(C)CC)OC(=O)CCCCCCCCCCCCCC. The molecule has 19 heteroatoms. The number of esters is 4. The molecule has 0 spiro atoms. The second-order valence-corrected chi connectivity index (χ2v) is 33.4. The van der Waals surface area contributed by atoms with E-state index in [2.05, 4.69) is 34.6 Å². The second-order valence-electron chi connectivity index (χ2n) is 30.5. The second kappa shape index (κ2) is 76.8. The van der Waals surface area contributed by atoms with E-state index in [4.69, 9.17) is 37.0 Å². The molecular weight excluding hydrogens is 1340 g/mol. The van der Waals surface area contributed by atoms with Crippen LogP contribution in [0.3, 0.4) is 0 Å². The number of rotatable bonds is 84. The van der Waals surface area contributed by atoms with E-state index in [0.29, 0.717) is 25.7 Å². The first-order valence-corrected chi connectivity index (χ1v) is 46.7. The Morgan fingerprint density at radius 1 is 0.272 bits per heavy atom. The van der Waals surface area contributed by atoms with Gasteiger partial charge in [-0.2, -0.15) is 0 Å². The van der Waals surface area contributed by atoms with Crippen LogP contribution in [0.15, 0.2) is 0 Å². The lowest BCUT2D eigenvalue weighted by Crippen LogP contribution is -2.30. The lowest BCUT2D eigenvalue weighted by atomic mass is 10.00. The third kappa shape index (κ3) is 76.6. The Hall–Kier alpha value is -1.94. The standard InChI is InChI=1S/C84H164O17P2/c1-6-10-13-16-19-22-25-28-30-32-34-36-38-40-42-44-47-50-53-60-65-70-84(89)100-79(73-94-81(86)67-62-57-51-48-46-43-41-39-37-35-33-31-29-26-23-20-17-14-11-7-2)75-98-102(90,91)96-71-78(85)72-97-103(92,93)99-76-80(74-95-82(87)68-63-58-55-54-56-61-66-77(5)9-4)101-83(88)69-64-59-52-49-45-27-24-21-18-15-12-8-3/h77-80,85H,6-76H2,1-5H3,(H,90,91)(H,92,93)/t77?,78-,79-,80-/m1/s1. The third-order valence-electron chi connectivity index (χ3n) is 20.1. The van der Waals surface area contributed by atoms with Crippen molar-refractivity contribution in [2.45, 2.75) is 470 Å². The van der Waals surface area contributed by atoms with Crippen molar-refractivity contribution in [2.75, 3.05) is 39.6 Å². The van der Waals surface area contributed by atoms with Gasteiger partial charge in [0.2, 0.25) is 0 Å². The number of phosphoric acid groups is 2. The highest BCUT2D eigenvalue weighted by atomic mass is 31.2. The lowest BCUT2D eigenvalue weighted by Gasteiger charge is -2.21. The van der Waals surface area contributed by atoms with Gasteiger partial charge in [0.1, 0.15) is 19.3 Å². The zero-order valence-electron chi connectivity index (χ0n) is 67.5. The van der Waals surface area contributed by atoms with Crippen molar-refractivity contribution in [3.63, 3.8) is 0 Å². The summed E-state index contributed by atoms with van der Waals surface area (Å²) in [5.74, 6) is -1.37. The Balaban J connectivity index is 5.20. The molecule has 0 saturated heterocycles. The Labute approximate surface area is 632 Å². The highest BCUT2D eigenvalue weighted by molar-refractivity contribution is 7.47. The molecule has 0 aromatic carbocycles. The Morgan fingerprint density at radius 3 is 0.689 bits per heavy atom. The van der Waals surface area contributed by atoms with Gasteiger partial charge in [-0.05, 0) is 31.6 Å². The van der Waals surface area contributed by atoms with Crippen molar-refractivity contribution in [1.82, 2.24) is 0 Å². The summed E-state index contributed by atoms with van der Waals surface area (Å²) in [4.78, 5) is 73.1. The van der Waals surface area contributed by atoms with Crippen molar-refractivity contribution < 1.29 is 80.2 Å². The molecule has 0 aliphatic heterocycles. The lowest BCUT2D eigenvalue weighted by molar-refractivity contribution is -0.161. The minimum absolute atomic E-state index is 0.107. The van der Waals surface area contributed by atoms with Crippen LogP contribution in [0.25, 0.3) is 0 Å². The molecular formula is C84H164O17P2. The van der Waals surface area contributed by atoms with Crippen molar-refractivity contribution in [2.24, 2.45) is 5.92 Å². The smallest absolute Gasteiger partial charge is 0.462 e. The summed E-state index contributed by atoms with van der Waals surface area (Å²) in [6.07, 6.45) is 69.6. The fourth-order valence-corrected chi connectivity index (χ4v) is 14.7. The number of hydrogen-bond acceptors (Lipinski definition) is 15. The van der Waals surface area contributed by atoms with Gasteiger partial charge in [0.25, 0.3) is 0 Å². The van der Waals surface area contributed by atoms with E-state index in [-0.39, 0.29) is 25.7 Å². The topological polar surface area (TPSA) is 237 Å². The Morgan fingerprint density at radius 2 is 0.466 bits per heavy atom. The average molecular weight is 1510 g/mol. The number of carbonyl (C=O) groups excluding carboxylic acids is 4. The molecule has 0 rings (SSSR count). The first kappa shape index (κ1) is 101. The predicted molar refractivity (Wildman–Crippen MR) is 423 cm³/mol. The van der Waals surface area contributed by atoms with E-state index in [1.165, 1.54) is 270 Å². The van der Waals surface area contributed by atoms with Gasteiger partial charge in [-0.15, -0.1) is 0 Å². The number of hydrogen-bond donors (Lipinski definition) is 3. The molecule has 0 amide bonds. The molecule has 0 aromatic heterocycles. The minimum Gasteiger partial charge on any atom is -0.462 e. The van der Waals surface area contributed by atoms with Gasteiger partial charge in [-0.1, -0.05) is 401 Å². The quantitative estimate of drug-likeness (QED) is 0.0222. The molecule has 0 bridgehead atoms. The van der Waals surface area contributed by atoms with Crippen LogP contribution in [0, 0.1) is 5.92 Å². The first-order valence-electron chi connectivity index (χ1n) is 43.7. The fraction of sp³-hybridized carbons (Fsp3) is 0.952. The molecule has 0 radical (unpaired) electrons. The number of aliphatic hydroxyl groups is 1. The van der Waals surface area contributed by atoms with Crippen LogP contribution < -0.4 is 0 Å². The fourth-order valence-electron chi connectivity index (χ4n) is 13.1. The minimum atomic E-state index is -4.96. The monoisotopic (exact) mass is 1510 g/mol. The van der Waals surface area contributed by atoms with E-state index in [1.807, 2.05) is 0 Å². The maximum absolute atomic E-state index is 13.1. The Bertz CT molecular complexity index is 1960. The van der Waals surface area contributed by atoms with Crippen LogP contribution in [-0.4, -0.2) is 96.7 Å². The van der Waals surface area contributed by atoms with Gasteiger partial charge in [0.15, 0.2) is 12.2 Å².